The van der Waals surface area contributed by atoms with Crippen molar-refractivity contribution in [1.82, 2.24) is 15.0 Å². The van der Waals surface area contributed by atoms with Gasteiger partial charge in [0.2, 0.25) is 5.95 Å². The second-order valence-corrected chi connectivity index (χ2v) is 10.1. The largest absolute Gasteiger partial charge is 0.349 e. The van der Waals surface area contributed by atoms with E-state index in [0.717, 1.165) is 59.6 Å². The van der Waals surface area contributed by atoms with Gasteiger partial charge in [-0.3, -0.25) is 4.98 Å². The first-order valence-corrected chi connectivity index (χ1v) is 12.0. The second kappa shape index (κ2) is 9.71. The smallest absolute Gasteiger partial charge is 0.227 e. The van der Waals surface area contributed by atoms with Crippen molar-refractivity contribution >= 4 is 46.1 Å². The number of nitrogens with one attached hydrogen (secondary N) is 2. The normalized spacial score (nSPS) is 13.1. The number of rotatable bonds is 7. The highest BCUT2D eigenvalue weighted by atomic mass is 35.5. The summed E-state index contributed by atoms with van der Waals surface area (Å²) >= 11 is 11.7. The molecule has 0 saturated heterocycles. The van der Waals surface area contributed by atoms with Gasteiger partial charge in [-0.2, -0.15) is 0 Å². The van der Waals surface area contributed by atoms with E-state index in [-0.39, 0.29) is 5.54 Å². The van der Waals surface area contributed by atoms with Crippen LogP contribution in [0.15, 0.2) is 36.7 Å². The number of aryl methyl sites for hydroxylation is 2. The van der Waals surface area contributed by atoms with Gasteiger partial charge in [-0.25, -0.2) is 9.97 Å². The zero-order valence-electron chi connectivity index (χ0n) is 19.2. The van der Waals surface area contributed by atoms with Gasteiger partial charge in [0.1, 0.15) is 0 Å². The first kappa shape index (κ1) is 23.5. The minimum absolute atomic E-state index is 0.161. The maximum absolute atomic E-state index is 6.21. The van der Waals surface area contributed by atoms with Crippen molar-refractivity contribution in [1.29, 1.82) is 0 Å². The zero-order chi connectivity index (χ0) is 23.6. The first-order valence-electron chi connectivity index (χ1n) is 11.2. The lowest BCUT2D eigenvalue weighted by Gasteiger charge is -2.18. The van der Waals surface area contributed by atoms with Crippen LogP contribution in [0.1, 0.15) is 50.4 Å². The van der Waals surface area contributed by atoms with E-state index in [2.05, 4.69) is 47.4 Å². The predicted molar refractivity (Wildman–Crippen MR) is 141 cm³/mol. The van der Waals surface area contributed by atoms with Crippen LogP contribution in [0.4, 0.5) is 17.3 Å². The van der Waals surface area contributed by atoms with E-state index in [1.807, 2.05) is 30.6 Å². The molecule has 2 aromatic heterocycles. The number of hydrogen-bond donors (Lipinski definition) is 3. The first-order chi connectivity index (χ1) is 15.7. The van der Waals surface area contributed by atoms with Crippen molar-refractivity contribution in [2.24, 2.45) is 5.73 Å². The van der Waals surface area contributed by atoms with E-state index < -0.39 is 0 Å². The number of fused-ring (bicyclic) bond motifs is 3. The summed E-state index contributed by atoms with van der Waals surface area (Å²) in [7, 11) is 0. The lowest BCUT2D eigenvalue weighted by molar-refractivity contribution is 0.459. The number of anilines is 3. The van der Waals surface area contributed by atoms with Crippen LogP contribution in [-0.2, 0) is 19.3 Å². The molecule has 0 bridgehead atoms. The highest BCUT2D eigenvalue weighted by Crippen LogP contribution is 2.35. The van der Waals surface area contributed by atoms with E-state index in [1.54, 1.807) is 0 Å². The Morgan fingerprint density at radius 1 is 1.21 bits per heavy atom. The van der Waals surface area contributed by atoms with Crippen LogP contribution < -0.4 is 16.4 Å². The molecule has 33 heavy (non-hydrogen) atoms. The third-order valence-corrected chi connectivity index (χ3v) is 6.10. The van der Waals surface area contributed by atoms with Gasteiger partial charge in [0, 0.05) is 46.2 Å². The fourth-order valence-corrected chi connectivity index (χ4v) is 4.39. The van der Waals surface area contributed by atoms with Crippen molar-refractivity contribution in [3.63, 3.8) is 0 Å². The van der Waals surface area contributed by atoms with Crippen LogP contribution in [0.25, 0.3) is 11.3 Å². The van der Waals surface area contributed by atoms with Gasteiger partial charge in [0.25, 0.3) is 0 Å². The zero-order valence-corrected chi connectivity index (χ0v) is 20.8. The minimum atomic E-state index is -0.161. The minimum Gasteiger partial charge on any atom is -0.349 e. The second-order valence-electron chi connectivity index (χ2n) is 9.14. The average Bonchev–Trinajstić information content (AvgIpc) is 2.87. The Kier molecular flexibility index (Phi) is 6.93. The van der Waals surface area contributed by atoms with Gasteiger partial charge in [0.15, 0.2) is 0 Å². The standard InChI is InChI=1S/C25H29ClN6S/c1-4-19-21(10-15(13-28-19)6-5-9-25(2,3)27)31-24-29-14-16-11-22(33)30-20-12-17(26)7-8-18(20)23(16)32-24/h7-8,10,12-14H,4-6,9,11,27H2,1-3H3,(H,30,33)(H,29,31,32). The molecule has 0 fully saturated rings. The van der Waals surface area contributed by atoms with Crippen molar-refractivity contribution < 1.29 is 0 Å². The quantitative estimate of drug-likeness (QED) is 0.365. The topological polar surface area (TPSA) is 88.8 Å². The molecule has 4 rings (SSSR count). The fourth-order valence-electron chi connectivity index (χ4n) is 3.95. The molecule has 0 atom stereocenters. The number of benzene rings is 1. The Morgan fingerprint density at radius 3 is 2.79 bits per heavy atom. The van der Waals surface area contributed by atoms with Crippen molar-refractivity contribution in [3.8, 4) is 11.3 Å². The molecule has 8 heteroatoms. The molecule has 1 aliphatic rings. The third-order valence-electron chi connectivity index (χ3n) is 5.62. The van der Waals surface area contributed by atoms with E-state index in [4.69, 9.17) is 34.5 Å². The average molecular weight is 481 g/mol. The Labute approximate surface area is 205 Å². The number of pyridine rings is 1. The molecule has 0 amide bonds. The molecule has 0 unspecified atom stereocenters. The third kappa shape index (κ3) is 5.85. The Morgan fingerprint density at radius 2 is 2.03 bits per heavy atom. The van der Waals surface area contributed by atoms with Crippen molar-refractivity contribution in [3.05, 3.63) is 58.5 Å². The van der Waals surface area contributed by atoms with Gasteiger partial charge in [0.05, 0.1) is 22.1 Å². The van der Waals surface area contributed by atoms with E-state index in [1.165, 1.54) is 5.56 Å². The summed E-state index contributed by atoms with van der Waals surface area (Å²) in [5.74, 6) is 0.527. The summed E-state index contributed by atoms with van der Waals surface area (Å²) in [6.07, 6.45) is 8.08. The monoisotopic (exact) mass is 480 g/mol. The number of aromatic nitrogens is 3. The Balaban J connectivity index is 1.63. The summed E-state index contributed by atoms with van der Waals surface area (Å²) < 4.78 is 0. The van der Waals surface area contributed by atoms with Gasteiger partial charge >= 0.3 is 0 Å². The summed E-state index contributed by atoms with van der Waals surface area (Å²) in [4.78, 5) is 14.8. The molecule has 1 aliphatic heterocycles. The molecular formula is C25H29ClN6S. The predicted octanol–water partition coefficient (Wildman–Crippen LogP) is 5.85. The van der Waals surface area contributed by atoms with Crippen LogP contribution in [0.5, 0.6) is 0 Å². The number of hydrogen-bond acceptors (Lipinski definition) is 6. The number of thiocarbonyl (C=S) groups is 1. The molecule has 3 heterocycles. The van der Waals surface area contributed by atoms with Gasteiger partial charge < -0.3 is 16.4 Å². The molecule has 6 nitrogen and oxygen atoms in total. The summed E-state index contributed by atoms with van der Waals surface area (Å²) in [6.45, 7) is 6.21. The molecule has 0 radical (unpaired) electrons. The molecule has 0 aliphatic carbocycles. The van der Waals surface area contributed by atoms with E-state index in [9.17, 15) is 0 Å². The van der Waals surface area contributed by atoms with Gasteiger partial charge in [-0.1, -0.05) is 30.7 Å². The molecule has 172 valence electrons. The van der Waals surface area contributed by atoms with Crippen LogP contribution in [0.3, 0.4) is 0 Å². The molecule has 4 N–H and O–H groups in total. The lowest BCUT2D eigenvalue weighted by Crippen LogP contribution is -2.31. The fraction of sp³-hybridized carbons (Fsp3) is 0.360. The summed E-state index contributed by atoms with van der Waals surface area (Å²) in [5.41, 5.74) is 12.7. The molecule has 0 spiro atoms. The van der Waals surface area contributed by atoms with Crippen LogP contribution in [0, 0.1) is 0 Å². The Hall–Kier alpha value is -2.61. The van der Waals surface area contributed by atoms with Gasteiger partial charge in [-0.15, -0.1) is 0 Å². The number of nitrogens with two attached hydrogens (primary N) is 1. The van der Waals surface area contributed by atoms with Crippen molar-refractivity contribution in [2.75, 3.05) is 10.6 Å². The highest BCUT2D eigenvalue weighted by Gasteiger charge is 2.20. The van der Waals surface area contributed by atoms with Crippen LogP contribution >= 0.6 is 23.8 Å². The van der Waals surface area contributed by atoms with Crippen LogP contribution in [-0.4, -0.2) is 25.5 Å². The molecule has 1 aromatic carbocycles. The maximum atomic E-state index is 6.21. The summed E-state index contributed by atoms with van der Waals surface area (Å²) in [5, 5.41) is 7.33. The lowest BCUT2D eigenvalue weighted by atomic mass is 9.97. The SMILES string of the molecule is CCc1ncc(CCCC(C)(C)N)cc1Nc1ncc2c(n1)-c1ccc(Cl)cc1NC(=S)C2. The number of halogens is 1. The number of nitrogens with zero attached hydrogens (tertiary/aromatic N) is 3. The Bertz CT molecular complexity index is 1190. The van der Waals surface area contributed by atoms with Crippen molar-refractivity contribution in [2.45, 2.75) is 58.4 Å². The molecule has 0 saturated carbocycles. The van der Waals surface area contributed by atoms with Crippen LogP contribution in [0.2, 0.25) is 5.02 Å². The maximum Gasteiger partial charge on any atom is 0.227 e. The summed E-state index contributed by atoms with van der Waals surface area (Å²) in [6, 6.07) is 7.85. The van der Waals surface area contributed by atoms with E-state index in [0.29, 0.717) is 22.4 Å². The highest BCUT2D eigenvalue weighted by molar-refractivity contribution is 7.80. The molecular weight excluding hydrogens is 452 g/mol. The van der Waals surface area contributed by atoms with E-state index >= 15 is 0 Å². The molecule has 3 aromatic rings. The van der Waals surface area contributed by atoms with Gasteiger partial charge in [-0.05, 0) is 69.4 Å².